The van der Waals surface area contributed by atoms with Gasteiger partial charge in [-0.2, -0.15) is 0 Å². The van der Waals surface area contributed by atoms with E-state index in [4.69, 9.17) is 0 Å². The average molecular weight is 399 g/mol. The van der Waals surface area contributed by atoms with Gasteiger partial charge < -0.3 is 4.90 Å². The zero-order valence-electron chi connectivity index (χ0n) is 17.3. The molecule has 0 unspecified atom stereocenters. The van der Waals surface area contributed by atoms with Crippen LogP contribution in [0, 0.1) is 11.8 Å². The molecule has 3 rings (SSSR count). The highest BCUT2D eigenvalue weighted by molar-refractivity contribution is 7.98. The minimum absolute atomic E-state index is 0.148. The molecule has 1 amide bonds. The van der Waals surface area contributed by atoms with Crippen molar-refractivity contribution in [3.05, 3.63) is 47.8 Å². The quantitative estimate of drug-likeness (QED) is 0.598. The molecular weight excluding hydrogens is 368 g/mol. The summed E-state index contributed by atoms with van der Waals surface area (Å²) in [5.41, 5.74) is 2.33. The molecule has 5 nitrogen and oxygen atoms in total. The molecule has 3 atom stereocenters. The molecule has 0 aliphatic heterocycles. The van der Waals surface area contributed by atoms with Gasteiger partial charge in [0.1, 0.15) is 5.82 Å². The van der Waals surface area contributed by atoms with Crippen molar-refractivity contribution in [3.63, 3.8) is 0 Å². The number of pyridine rings is 1. The normalized spacial score (nSPS) is 19.3. The van der Waals surface area contributed by atoms with Crippen molar-refractivity contribution in [2.45, 2.75) is 49.8 Å². The zero-order valence-corrected chi connectivity index (χ0v) is 18.1. The van der Waals surface area contributed by atoms with Crippen molar-refractivity contribution in [3.8, 4) is 0 Å². The summed E-state index contributed by atoms with van der Waals surface area (Å²) in [4.78, 5) is 28.3. The molecule has 0 N–H and O–H groups in total. The van der Waals surface area contributed by atoms with E-state index in [0.717, 1.165) is 48.5 Å². The molecule has 1 aliphatic carbocycles. The van der Waals surface area contributed by atoms with Crippen LogP contribution in [0.15, 0.2) is 35.6 Å². The van der Waals surface area contributed by atoms with Crippen molar-refractivity contribution in [1.82, 2.24) is 19.9 Å². The minimum atomic E-state index is 0.148. The minimum Gasteiger partial charge on any atom is -0.349 e. The first-order chi connectivity index (χ1) is 13.5. The zero-order chi connectivity index (χ0) is 20.1. The molecule has 150 valence electrons. The van der Waals surface area contributed by atoms with Crippen LogP contribution in [0.25, 0.3) is 0 Å². The number of carbonyl (C=O) groups excluding carboxylic acids is 1. The second-order valence-electron chi connectivity index (χ2n) is 7.99. The van der Waals surface area contributed by atoms with Gasteiger partial charge in [0.05, 0.1) is 0 Å². The summed E-state index contributed by atoms with van der Waals surface area (Å²) in [7, 11) is 3.65. The molecule has 1 fully saturated rings. The first kappa shape index (κ1) is 20.8. The number of aromatic nitrogens is 3. The van der Waals surface area contributed by atoms with E-state index in [9.17, 15) is 4.79 Å². The maximum atomic E-state index is 12.0. The number of nitrogens with zero attached hydrogens (tertiary/aromatic N) is 4. The summed E-state index contributed by atoms with van der Waals surface area (Å²) in [5, 5.41) is 0. The topological polar surface area (TPSA) is 59.0 Å². The van der Waals surface area contributed by atoms with E-state index in [2.05, 4.69) is 34.0 Å². The highest BCUT2D eigenvalue weighted by Gasteiger charge is 2.44. The Labute approximate surface area is 172 Å². The molecule has 28 heavy (non-hydrogen) atoms. The molecule has 2 aromatic heterocycles. The van der Waals surface area contributed by atoms with Crippen LogP contribution in [0.2, 0.25) is 0 Å². The van der Waals surface area contributed by atoms with Gasteiger partial charge in [0.25, 0.3) is 0 Å². The molecule has 0 bridgehead atoms. The van der Waals surface area contributed by atoms with E-state index >= 15 is 0 Å². The Hall–Kier alpha value is -1.95. The van der Waals surface area contributed by atoms with Crippen LogP contribution in [0.5, 0.6) is 0 Å². The molecule has 6 heteroatoms. The molecule has 0 radical (unpaired) electrons. The second-order valence-corrected chi connectivity index (χ2v) is 8.87. The Morgan fingerprint density at radius 2 is 1.86 bits per heavy atom. The average Bonchev–Trinajstić information content (AvgIpc) is 3.51. The number of hydrogen-bond acceptors (Lipinski definition) is 5. The van der Waals surface area contributed by atoms with Gasteiger partial charge in [0.2, 0.25) is 5.91 Å². The summed E-state index contributed by atoms with van der Waals surface area (Å²) < 4.78 is 0. The highest BCUT2D eigenvalue weighted by atomic mass is 32.2. The lowest BCUT2D eigenvalue weighted by Gasteiger charge is -2.11. The van der Waals surface area contributed by atoms with E-state index in [-0.39, 0.29) is 11.8 Å². The number of thioether (sulfide) groups is 1. The fraction of sp³-hybridized carbons (Fsp3) is 0.545. The first-order valence-corrected chi connectivity index (χ1v) is 11.2. The maximum Gasteiger partial charge on any atom is 0.225 e. The largest absolute Gasteiger partial charge is 0.349 e. The van der Waals surface area contributed by atoms with Gasteiger partial charge in [-0.15, -0.1) is 11.8 Å². The summed E-state index contributed by atoms with van der Waals surface area (Å²) >= 11 is 1.67. The Morgan fingerprint density at radius 1 is 1.14 bits per heavy atom. The standard InChI is InChI=1S/C22H30N4OS/c1-15(6-10-21-24-13-18(28-4)14-25-21)5-8-17-9-7-16(12-23-17)19-11-20(19)22(27)26(2)3/h7,9,12-15,19-20H,5-6,8,10-11H2,1-4H3/t15-,19-,20+/m1/s1. The monoisotopic (exact) mass is 398 g/mol. The smallest absolute Gasteiger partial charge is 0.225 e. The van der Waals surface area contributed by atoms with Gasteiger partial charge in [0, 0.05) is 55.6 Å². The number of carbonyl (C=O) groups is 1. The van der Waals surface area contributed by atoms with E-state index in [0.29, 0.717) is 11.8 Å². The Bertz CT molecular complexity index is 776. The second kappa shape index (κ2) is 9.50. The number of aryl methyl sites for hydroxylation is 2. The first-order valence-electron chi connectivity index (χ1n) is 9.98. The molecule has 1 aliphatic rings. The van der Waals surface area contributed by atoms with Gasteiger partial charge in [-0.1, -0.05) is 13.0 Å². The summed E-state index contributed by atoms with van der Waals surface area (Å²) in [6.07, 6.45) is 12.9. The van der Waals surface area contributed by atoms with Crippen LogP contribution in [0.4, 0.5) is 0 Å². The lowest BCUT2D eigenvalue weighted by atomic mass is 9.98. The fourth-order valence-corrected chi connectivity index (χ4v) is 3.78. The molecule has 1 saturated carbocycles. The Kier molecular flexibility index (Phi) is 7.05. The van der Waals surface area contributed by atoms with E-state index in [1.807, 2.05) is 38.9 Å². The highest BCUT2D eigenvalue weighted by Crippen LogP contribution is 2.48. The predicted molar refractivity (Wildman–Crippen MR) is 113 cm³/mol. The van der Waals surface area contributed by atoms with E-state index in [1.54, 1.807) is 16.7 Å². The lowest BCUT2D eigenvalue weighted by molar-refractivity contribution is -0.130. The molecule has 2 heterocycles. The summed E-state index contributed by atoms with van der Waals surface area (Å²) in [6, 6.07) is 4.28. The van der Waals surface area contributed by atoms with Crippen LogP contribution in [-0.4, -0.2) is 46.1 Å². The molecule has 2 aromatic rings. The number of rotatable bonds is 9. The van der Waals surface area contributed by atoms with Gasteiger partial charge in [-0.25, -0.2) is 9.97 Å². The van der Waals surface area contributed by atoms with Crippen LogP contribution in [-0.2, 0) is 17.6 Å². The van der Waals surface area contributed by atoms with Crippen molar-refractivity contribution in [2.75, 3.05) is 20.4 Å². The molecule has 0 saturated heterocycles. The van der Waals surface area contributed by atoms with Crippen molar-refractivity contribution in [2.24, 2.45) is 11.8 Å². The van der Waals surface area contributed by atoms with Crippen LogP contribution in [0.1, 0.15) is 49.2 Å². The van der Waals surface area contributed by atoms with Crippen LogP contribution >= 0.6 is 11.8 Å². The molecule has 0 spiro atoms. The van der Waals surface area contributed by atoms with Gasteiger partial charge in [-0.3, -0.25) is 9.78 Å². The predicted octanol–water partition coefficient (Wildman–Crippen LogP) is 3.99. The van der Waals surface area contributed by atoms with Crippen molar-refractivity contribution >= 4 is 17.7 Å². The molecule has 0 aromatic carbocycles. The third-order valence-corrected chi connectivity index (χ3v) is 6.18. The van der Waals surface area contributed by atoms with Gasteiger partial charge in [-0.05, 0) is 55.4 Å². The van der Waals surface area contributed by atoms with E-state index < -0.39 is 0 Å². The number of amides is 1. The summed E-state index contributed by atoms with van der Waals surface area (Å²) in [5.74, 6) is 2.27. The number of hydrogen-bond donors (Lipinski definition) is 0. The fourth-order valence-electron chi connectivity index (χ4n) is 3.46. The molecular formula is C22H30N4OS. The SMILES string of the molecule is CSc1cnc(CC[C@H](C)CCc2ccc([C@H]3C[C@@H]3C(=O)N(C)C)cn2)nc1. The summed E-state index contributed by atoms with van der Waals surface area (Å²) in [6.45, 7) is 2.28. The van der Waals surface area contributed by atoms with Gasteiger partial charge in [0.15, 0.2) is 0 Å². The van der Waals surface area contributed by atoms with Crippen molar-refractivity contribution < 1.29 is 4.79 Å². The van der Waals surface area contributed by atoms with Crippen LogP contribution < -0.4 is 0 Å². The van der Waals surface area contributed by atoms with Crippen molar-refractivity contribution in [1.29, 1.82) is 0 Å². The Morgan fingerprint density at radius 3 is 2.46 bits per heavy atom. The van der Waals surface area contributed by atoms with Gasteiger partial charge >= 0.3 is 0 Å². The van der Waals surface area contributed by atoms with E-state index in [1.165, 1.54) is 5.56 Å². The lowest BCUT2D eigenvalue weighted by Crippen LogP contribution is -2.23. The third-order valence-electron chi connectivity index (χ3n) is 5.50. The third kappa shape index (κ3) is 5.53. The van der Waals surface area contributed by atoms with Crippen LogP contribution in [0.3, 0.4) is 0 Å². The maximum absolute atomic E-state index is 12.0. The Balaban J connectivity index is 1.41.